The highest BCUT2D eigenvalue weighted by atomic mass is 35.5. The summed E-state index contributed by atoms with van der Waals surface area (Å²) in [6, 6.07) is 0. The second-order valence-electron chi connectivity index (χ2n) is 2.18. The van der Waals surface area contributed by atoms with Gasteiger partial charge in [0.2, 0.25) is 0 Å². The van der Waals surface area contributed by atoms with Crippen molar-refractivity contribution in [2.24, 2.45) is 0 Å². The molecule has 0 aromatic heterocycles. The molecule has 0 aromatic rings. The molecule has 0 unspecified atom stereocenters. The molecular formula is C6H4Cl2F3N. The minimum Gasteiger partial charge on any atom is -0.370 e. The van der Waals surface area contributed by atoms with Gasteiger partial charge in [0.1, 0.15) is 5.16 Å². The number of dihydropyridines is 1. The Morgan fingerprint density at radius 3 is 2.33 bits per heavy atom. The van der Waals surface area contributed by atoms with Crippen LogP contribution in [-0.2, 0) is 0 Å². The van der Waals surface area contributed by atoms with Gasteiger partial charge >= 0.3 is 6.18 Å². The summed E-state index contributed by atoms with van der Waals surface area (Å²) in [6.45, 7) is -0.335. The Balaban J connectivity index is 2.91. The SMILES string of the molecule is FC(F)(F)C1=CC(Cl)=C(Cl)NC1. The van der Waals surface area contributed by atoms with Gasteiger partial charge in [-0.25, -0.2) is 0 Å². The van der Waals surface area contributed by atoms with Crippen molar-refractivity contribution in [1.29, 1.82) is 0 Å². The molecule has 0 spiro atoms. The second kappa shape index (κ2) is 3.18. The lowest BCUT2D eigenvalue weighted by molar-refractivity contribution is -0.0929. The number of allylic oxidation sites excluding steroid dienone is 2. The molecular weight excluding hydrogens is 214 g/mol. The van der Waals surface area contributed by atoms with Crippen LogP contribution < -0.4 is 5.32 Å². The van der Waals surface area contributed by atoms with Crippen LogP contribution in [0.4, 0.5) is 13.2 Å². The number of alkyl halides is 3. The highest BCUT2D eigenvalue weighted by molar-refractivity contribution is 6.40. The van der Waals surface area contributed by atoms with E-state index in [1.165, 1.54) is 0 Å². The summed E-state index contributed by atoms with van der Waals surface area (Å²) in [6.07, 6.45) is -3.52. The van der Waals surface area contributed by atoms with Crippen LogP contribution in [0.2, 0.25) is 0 Å². The molecule has 1 N–H and O–H groups in total. The maximum absolute atomic E-state index is 12.0. The van der Waals surface area contributed by atoms with Crippen LogP contribution in [0.5, 0.6) is 0 Å². The van der Waals surface area contributed by atoms with Crippen molar-refractivity contribution < 1.29 is 13.2 Å². The molecule has 0 aromatic carbocycles. The number of hydrogen-bond donors (Lipinski definition) is 1. The average molecular weight is 218 g/mol. The summed E-state index contributed by atoms with van der Waals surface area (Å²) in [4.78, 5) is 0. The van der Waals surface area contributed by atoms with E-state index in [-0.39, 0.29) is 16.7 Å². The lowest BCUT2D eigenvalue weighted by Crippen LogP contribution is -2.26. The summed E-state index contributed by atoms with van der Waals surface area (Å²) < 4.78 is 36.0. The van der Waals surface area contributed by atoms with Crippen LogP contribution in [0.1, 0.15) is 0 Å². The molecule has 0 atom stereocenters. The van der Waals surface area contributed by atoms with Gasteiger partial charge in [0.15, 0.2) is 0 Å². The molecule has 0 bridgehead atoms. The van der Waals surface area contributed by atoms with E-state index in [1.54, 1.807) is 0 Å². The number of hydrogen-bond acceptors (Lipinski definition) is 1. The number of halogens is 5. The maximum Gasteiger partial charge on any atom is 0.414 e. The lowest BCUT2D eigenvalue weighted by atomic mass is 10.2. The largest absolute Gasteiger partial charge is 0.414 e. The predicted octanol–water partition coefficient (Wildman–Crippen LogP) is 2.73. The van der Waals surface area contributed by atoms with E-state index in [4.69, 9.17) is 23.2 Å². The Bertz CT molecular complexity index is 254. The molecule has 0 fully saturated rings. The van der Waals surface area contributed by atoms with Gasteiger partial charge < -0.3 is 5.32 Å². The fraction of sp³-hybridized carbons (Fsp3) is 0.333. The summed E-state index contributed by atoms with van der Waals surface area (Å²) in [5.41, 5.74) is -0.725. The Kier molecular flexibility index (Phi) is 2.58. The fourth-order valence-corrected chi connectivity index (χ4v) is 1.03. The van der Waals surface area contributed by atoms with Crippen LogP contribution >= 0.6 is 23.2 Å². The van der Waals surface area contributed by atoms with Gasteiger partial charge in [-0.3, -0.25) is 0 Å². The summed E-state index contributed by atoms with van der Waals surface area (Å²) in [5, 5.41) is 2.24. The molecule has 6 heteroatoms. The summed E-state index contributed by atoms with van der Waals surface area (Å²) in [5.74, 6) is 0. The van der Waals surface area contributed by atoms with E-state index < -0.39 is 11.7 Å². The van der Waals surface area contributed by atoms with Crippen molar-refractivity contribution in [3.8, 4) is 0 Å². The van der Waals surface area contributed by atoms with Crippen molar-refractivity contribution in [3.05, 3.63) is 21.8 Å². The highest BCUT2D eigenvalue weighted by Gasteiger charge is 2.34. The van der Waals surface area contributed by atoms with Crippen LogP contribution in [-0.4, -0.2) is 12.7 Å². The van der Waals surface area contributed by atoms with Crippen molar-refractivity contribution in [3.63, 3.8) is 0 Å². The van der Waals surface area contributed by atoms with E-state index in [0.29, 0.717) is 0 Å². The van der Waals surface area contributed by atoms with Crippen LogP contribution in [0, 0.1) is 0 Å². The van der Waals surface area contributed by atoms with Gasteiger partial charge in [0.05, 0.1) is 10.6 Å². The van der Waals surface area contributed by atoms with Crippen molar-refractivity contribution in [1.82, 2.24) is 5.32 Å². The van der Waals surface area contributed by atoms with Gasteiger partial charge in [-0.15, -0.1) is 0 Å². The van der Waals surface area contributed by atoms with Crippen molar-refractivity contribution in [2.75, 3.05) is 6.54 Å². The van der Waals surface area contributed by atoms with E-state index in [9.17, 15) is 13.2 Å². The Labute approximate surface area is 76.8 Å². The Hall–Kier alpha value is -0.350. The molecule has 0 amide bonds. The normalized spacial score (nSPS) is 18.9. The van der Waals surface area contributed by atoms with Crippen LogP contribution in [0.3, 0.4) is 0 Å². The first-order valence-corrected chi connectivity index (χ1v) is 3.74. The monoisotopic (exact) mass is 217 g/mol. The molecule has 0 radical (unpaired) electrons. The average Bonchev–Trinajstić information content (AvgIpc) is 1.92. The quantitative estimate of drug-likeness (QED) is 0.616. The molecule has 0 saturated heterocycles. The first kappa shape index (κ1) is 9.74. The smallest absolute Gasteiger partial charge is 0.370 e. The minimum absolute atomic E-state index is 0.0460. The molecule has 0 saturated carbocycles. The van der Waals surface area contributed by atoms with Gasteiger partial charge in [0.25, 0.3) is 0 Å². The molecule has 1 aliphatic rings. The highest BCUT2D eigenvalue weighted by Crippen LogP contribution is 2.30. The predicted molar refractivity (Wildman–Crippen MR) is 40.9 cm³/mol. The molecule has 1 aliphatic heterocycles. The molecule has 1 nitrogen and oxygen atoms in total. The standard InChI is InChI=1S/C6H4Cl2F3N/c7-4-1-3(6(9,10)11)2-12-5(4)8/h1,12H,2H2. The Morgan fingerprint density at radius 2 is 1.92 bits per heavy atom. The third kappa shape index (κ3) is 2.08. The van der Waals surface area contributed by atoms with Crippen molar-refractivity contribution in [2.45, 2.75) is 6.18 Å². The van der Waals surface area contributed by atoms with E-state index >= 15 is 0 Å². The van der Waals surface area contributed by atoms with Crippen LogP contribution in [0.15, 0.2) is 21.8 Å². The number of rotatable bonds is 0. The third-order valence-corrected chi connectivity index (χ3v) is 2.04. The molecule has 1 rings (SSSR count). The minimum atomic E-state index is -4.34. The molecule has 0 aliphatic carbocycles. The molecule has 1 heterocycles. The molecule has 68 valence electrons. The zero-order chi connectivity index (χ0) is 9.35. The van der Waals surface area contributed by atoms with E-state index in [0.717, 1.165) is 6.08 Å². The van der Waals surface area contributed by atoms with Gasteiger partial charge in [0, 0.05) is 6.54 Å². The molecule has 12 heavy (non-hydrogen) atoms. The zero-order valence-electron chi connectivity index (χ0n) is 5.67. The van der Waals surface area contributed by atoms with E-state index in [2.05, 4.69) is 5.32 Å². The zero-order valence-corrected chi connectivity index (χ0v) is 7.19. The maximum atomic E-state index is 12.0. The van der Waals surface area contributed by atoms with Gasteiger partial charge in [-0.05, 0) is 6.08 Å². The van der Waals surface area contributed by atoms with Gasteiger partial charge in [-0.1, -0.05) is 23.2 Å². The number of nitrogens with one attached hydrogen (secondary N) is 1. The lowest BCUT2D eigenvalue weighted by Gasteiger charge is -2.17. The summed E-state index contributed by atoms with van der Waals surface area (Å²) in [7, 11) is 0. The first-order chi connectivity index (χ1) is 5.41. The van der Waals surface area contributed by atoms with Crippen molar-refractivity contribution >= 4 is 23.2 Å². The van der Waals surface area contributed by atoms with Gasteiger partial charge in [-0.2, -0.15) is 13.2 Å². The van der Waals surface area contributed by atoms with E-state index in [1.807, 2.05) is 0 Å². The Morgan fingerprint density at radius 1 is 1.33 bits per heavy atom. The van der Waals surface area contributed by atoms with Crippen LogP contribution in [0.25, 0.3) is 0 Å². The third-order valence-electron chi connectivity index (χ3n) is 1.31. The first-order valence-electron chi connectivity index (χ1n) is 2.98. The fourth-order valence-electron chi connectivity index (χ4n) is 0.707. The summed E-state index contributed by atoms with van der Waals surface area (Å²) >= 11 is 10.8. The second-order valence-corrected chi connectivity index (χ2v) is 2.97. The topological polar surface area (TPSA) is 12.0 Å².